The zero-order valence-electron chi connectivity index (χ0n) is 16.0. The molecular formula is C22H30O2. The van der Waals surface area contributed by atoms with Gasteiger partial charge in [0, 0.05) is 6.42 Å². The Kier molecular flexibility index (Phi) is 5.37. The first-order valence-electron chi connectivity index (χ1n) is 8.70. The lowest BCUT2D eigenvalue weighted by atomic mass is 9.62. The molecule has 0 saturated carbocycles. The number of aryl methyl sites for hydroxylation is 2. The molecule has 0 fully saturated rings. The summed E-state index contributed by atoms with van der Waals surface area (Å²) in [7, 11) is 1.70. The number of Topliss-reactive ketones (excluding diaryl/α,β-unsaturated/α-hetero) is 1. The van der Waals surface area contributed by atoms with Crippen LogP contribution in [0, 0.1) is 25.2 Å². The van der Waals surface area contributed by atoms with Gasteiger partial charge in [-0.15, -0.1) is 6.58 Å². The van der Waals surface area contributed by atoms with Crippen LogP contribution >= 0.6 is 0 Å². The number of methoxy groups -OCH3 is 1. The second-order valence-electron chi connectivity index (χ2n) is 7.59. The lowest BCUT2D eigenvalue weighted by Crippen LogP contribution is -2.36. The SMILES string of the molecule is C=CCC1=C(C)C(=O)C[C@@H](Cc2c(C)cc(OC)cc2C)C1(C)C. The van der Waals surface area contributed by atoms with Crippen molar-refractivity contribution >= 4 is 5.78 Å². The molecule has 0 aliphatic heterocycles. The van der Waals surface area contributed by atoms with E-state index in [0.29, 0.717) is 18.1 Å². The first-order chi connectivity index (χ1) is 11.2. The van der Waals surface area contributed by atoms with E-state index in [1.54, 1.807) is 7.11 Å². The number of ether oxygens (including phenoxy) is 1. The Morgan fingerprint density at radius 2 is 1.83 bits per heavy atom. The van der Waals surface area contributed by atoms with Crippen molar-refractivity contribution in [2.24, 2.45) is 11.3 Å². The van der Waals surface area contributed by atoms with Gasteiger partial charge in [-0.1, -0.05) is 25.5 Å². The monoisotopic (exact) mass is 326 g/mol. The molecule has 0 radical (unpaired) electrons. The highest BCUT2D eigenvalue weighted by Crippen LogP contribution is 2.46. The molecule has 0 aromatic heterocycles. The van der Waals surface area contributed by atoms with Gasteiger partial charge in [0.05, 0.1) is 7.11 Å². The number of ketones is 1. The van der Waals surface area contributed by atoms with Gasteiger partial charge in [0.15, 0.2) is 5.78 Å². The third-order valence-corrected chi connectivity index (χ3v) is 5.81. The van der Waals surface area contributed by atoms with E-state index >= 15 is 0 Å². The lowest BCUT2D eigenvalue weighted by molar-refractivity contribution is -0.118. The Hall–Kier alpha value is -1.83. The van der Waals surface area contributed by atoms with Crippen molar-refractivity contribution in [3.05, 3.63) is 52.6 Å². The van der Waals surface area contributed by atoms with Gasteiger partial charge in [-0.25, -0.2) is 0 Å². The molecule has 0 N–H and O–H groups in total. The van der Waals surface area contributed by atoms with E-state index in [9.17, 15) is 4.79 Å². The van der Waals surface area contributed by atoms with Crippen LogP contribution in [0.2, 0.25) is 0 Å². The van der Waals surface area contributed by atoms with E-state index in [4.69, 9.17) is 4.74 Å². The minimum Gasteiger partial charge on any atom is -0.497 e. The highest BCUT2D eigenvalue weighted by molar-refractivity contribution is 5.97. The molecule has 0 unspecified atom stereocenters. The van der Waals surface area contributed by atoms with Crippen molar-refractivity contribution < 1.29 is 9.53 Å². The van der Waals surface area contributed by atoms with Crippen molar-refractivity contribution in [1.29, 1.82) is 0 Å². The first-order valence-corrected chi connectivity index (χ1v) is 8.70. The summed E-state index contributed by atoms with van der Waals surface area (Å²) in [4.78, 5) is 12.5. The average Bonchev–Trinajstić information content (AvgIpc) is 2.52. The highest BCUT2D eigenvalue weighted by Gasteiger charge is 2.40. The lowest BCUT2D eigenvalue weighted by Gasteiger charge is -2.41. The largest absolute Gasteiger partial charge is 0.497 e. The van der Waals surface area contributed by atoms with Gasteiger partial charge in [0.2, 0.25) is 0 Å². The predicted octanol–water partition coefficient (Wildman–Crippen LogP) is 5.36. The third kappa shape index (κ3) is 3.33. The Morgan fingerprint density at radius 1 is 1.25 bits per heavy atom. The van der Waals surface area contributed by atoms with Crippen LogP contribution in [0.15, 0.2) is 35.9 Å². The van der Waals surface area contributed by atoms with Gasteiger partial charge in [-0.2, -0.15) is 0 Å². The van der Waals surface area contributed by atoms with Crippen LogP contribution in [0.3, 0.4) is 0 Å². The normalized spacial score (nSPS) is 20.2. The molecular weight excluding hydrogens is 296 g/mol. The second kappa shape index (κ2) is 6.96. The molecule has 2 heteroatoms. The quantitative estimate of drug-likeness (QED) is 0.681. The molecule has 0 saturated heterocycles. The van der Waals surface area contributed by atoms with Crippen molar-refractivity contribution in [2.75, 3.05) is 7.11 Å². The second-order valence-corrected chi connectivity index (χ2v) is 7.59. The minimum atomic E-state index is 0.00495. The molecule has 2 nitrogen and oxygen atoms in total. The molecule has 130 valence electrons. The summed E-state index contributed by atoms with van der Waals surface area (Å²) >= 11 is 0. The summed E-state index contributed by atoms with van der Waals surface area (Å²) < 4.78 is 5.37. The smallest absolute Gasteiger partial charge is 0.158 e. The molecule has 0 bridgehead atoms. The topological polar surface area (TPSA) is 26.3 Å². The molecule has 24 heavy (non-hydrogen) atoms. The zero-order chi connectivity index (χ0) is 18.1. The number of rotatable bonds is 5. The van der Waals surface area contributed by atoms with Gasteiger partial charge in [-0.05, 0) is 79.3 Å². The van der Waals surface area contributed by atoms with Crippen LogP contribution in [0.5, 0.6) is 5.75 Å². The van der Waals surface area contributed by atoms with E-state index in [1.165, 1.54) is 22.3 Å². The van der Waals surface area contributed by atoms with Crippen molar-refractivity contribution in [3.63, 3.8) is 0 Å². The number of carbonyl (C=O) groups excluding carboxylic acids is 1. The summed E-state index contributed by atoms with van der Waals surface area (Å²) in [6.07, 6.45) is 4.26. The summed E-state index contributed by atoms with van der Waals surface area (Å²) in [6.45, 7) is 14.7. The molecule has 1 aromatic carbocycles. The van der Waals surface area contributed by atoms with Crippen LogP contribution < -0.4 is 4.74 Å². The number of hydrogen-bond donors (Lipinski definition) is 0. The summed E-state index contributed by atoms with van der Waals surface area (Å²) in [5.41, 5.74) is 6.03. The fraction of sp³-hybridized carbons (Fsp3) is 0.500. The number of benzene rings is 1. The van der Waals surface area contributed by atoms with Crippen molar-refractivity contribution in [2.45, 2.75) is 53.9 Å². The molecule has 1 aromatic rings. The maximum Gasteiger partial charge on any atom is 0.158 e. The standard InChI is InChI=1S/C22H30O2/c1-8-9-20-16(4)21(23)13-17(22(20,5)6)12-19-14(2)10-18(24-7)11-15(19)3/h8,10-11,17H,1,9,12-13H2,2-7H3/t17-/m1/s1. The van der Waals surface area contributed by atoms with Gasteiger partial charge >= 0.3 is 0 Å². The van der Waals surface area contributed by atoms with Crippen molar-refractivity contribution in [3.8, 4) is 5.75 Å². The minimum absolute atomic E-state index is 0.00495. The fourth-order valence-corrected chi connectivity index (χ4v) is 4.06. The maximum atomic E-state index is 12.5. The summed E-state index contributed by atoms with van der Waals surface area (Å²) in [6, 6.07) is 4.18. The molecule has 1 aliphatic rings. The number of allylic oxidation sites excluding steroid dienone is 3. The molecule has 1 aliphatic carbocycles. The van der Waals surface area contributed by atoms with Gasteiger partial charge in [0.1, 0.15) is 5.75 Å². The Bertz CT molecular complexity index is 669. The van der Waals surface area contributed by atoms with Crippen LogP contribution in [0.25, 0.3) is 0 Å². The number of carbonyl (C=O) groups is 1. The van der Waals surface area contributed by atoms with E-state index in [-0.39, 0.29) is 5.41 Å². The third-order valence-electron chi connectivity index (χ3n) is 5.81. The predicted molar refractivity (Wildman–Crippen MR) is 101 cm³/mol. The van der Waals surface area contributed by atoms with E-state index in [0.717, 1.165) is 24.2 Å². The van der Waals surface area contributed by atoms with E-state index < -0.39 is 0 Å². The first kappa shape index (κ1) is 18.5. The highest BCUT2D eigenvalue weighted by atomic mass is 16.5. The molecule has 0 amide bonds. The van der Waals surface area contributed by atoms with Crippen molar-refractivity contribution in [1.82, 2.24) is 0 Å². The van der Waals surface area contributed by atoms with Crippen LogP contribution in [-0.4, -0.2) is 12.9 Å². The summed E-state index contributed by atoms with van der Waals surface area (Å²) in [5, 5.41) is 0. The Labute approximate surface area is 146 Å². The average molecular weight is 326 g/mol. The van der Waals surface area contributed by atoms with Crippen LogP contribution in [0.1, 0.15) is 50.3 Å². The van der Waals surface area contributed by atoms with Crippen LogP contribution in [0.4, 0.5) is 0 Å². The molecule has 2 rings (SSSR count). The maximum absolute atomic E-state index is 12.5. The number of hydrogen-bond acceptors (Lipinski definition) is 2. The Balaban J connectivity index is 2.40. The van der Waals surface area contributed by atoms with Gasteiger partial charge < -0.3 is 4.74 Å². The van der Waals surface area contributed by atoms with Gasteiger partial charge in [-0.3, -0.25) is 4.79 Å². The zero-order valence-corrected chi connectivity index (χ0v) is 16.0. The Morgan fingerprint density at radius 3 is 2.33 bits per heavy atom. The molecule has 1 atom stereocenters. The van der Waals surface area contributed by atoms with Crippen LogP contribution in [-0.2, 0) is 11.2 Å². The molecule has 0 heterocycles. The van der Waals surface area contributed by atoms with Gasteiger partial charge in [0.25, 0.3) is 0 Å². The molecule has 0 spiro atoms. The fourth-order valence-electron chi connectivity index (χ4n) is 4.06. The summed E-state index contributed by atoms with van der Waals surface area (Å²) in [5.74, 6) is 1.50. The van der Waals surface area contributed by atoms with E-state index in [2.05, 4.69) is 46.4 Å². The van der Waals surface area contributed by atoms with E-state index in [1.807, 2.05) is 13.0 Å².